The van der Waals surface area contributed by atoms with Crippen LogP contribution in [0.3, 0.4) is 0 Å². The predicted molar refractivity (Wildman–Crippen MR) is 121 cm³/mol. The quantitative estimate of drug-likeness (QED) is 0.444. The highest BCUT2D eigenvalue weighted by Crippen LogP contribution is 2.41. The van der Waals surface area contributed by atoms with E-state index in [0.29, 0.717) is 42.8 Å². The zero-order chi connectivity index (χ0) is 27.2. The number of likely N-dealkylation sites (tertiary alicyclic amines) is 1. The molecule has 2 aliphatic heterocycles. The van der Waals surface area contributed by atoms with Crippen LogP contribution in [-0.2, 0) is 23.4 Å². The molecule has 1 fully saturated rings. The SMILES string of the molecule is CC1(C)Cn2c(C(=O)C(F)(F)F)ccc2C2(CCN(C(=O)c3ccc(COCC(F)(F)F)cc3)CC2)N1. The molecule has 202 valence electrons. The lowest BCUT2D eigenvalue weighted by Gasteiger charge is -2.51. The van der Waals surface area contributed by atoms with Gasteiger partial charge >= 0.3 is 12.4 Å². The second-order valence-corrected chi connectivity index (χ2v) is 10.2. The number of Topliss-reactive ketones (excluding diaryl/α,β-unsaturated/α-hetero) is 1. The third-order valence-corrected chi connectivity index (χ3v) is 6.73. The van der Waals surface area contributed by atoms with Gasteiger partial charge in [0.05, 0.1) is 17.8 Å². The number of alkyl halides is 6. The molecule has 3 heterocycles. The molecule has 1 N–H and O–H groups in total. The molecular formula is C25H27F6N3O3. The average Bonchev–Trinajstić information content (AvgIpc) is 3.21. The molecule has 0 atom stereocenters. The lowest BCUT2D eigenvalue weighted by molar-refractivity contribution is -0.176. The fourth-order valence-corrected chi connectivity index (χ4v) is 5.23. The monoisotopic (exact) mass is 531 g/mol. The van der Waals surface area contributed by atoms with Crippen molar-refractivity contribution in [2.75, 3.05) is 19.7 Å². The molecule has 1 spiro atoms. The van der Waals surface area contributed by atoms with Gasteiger partial charge in [-0.15, -0.1) is 0 Å². The van der Waals surface area contributed by atoms with E-state index in [0.717, 1.165) is 0 Å². The Balaban J connectivity index is 1.46. The van der Waals surface area contributed by atoms with Crippen LogP contribution >= 0.6 is 0 Å². The molecule has 2 aliphatic rings. The molecule has 2 aromatic rings. The Hall–Kier alpha value is -2.86. The highest BCUT2D eigenvalue weighted by Gasteiger charge is 2.49. The number of ketones is 1. The van der Waals surface area contributed by atoms with Crippen LogP contribution in [0.4, 0.5) is 26.3 Å². The van der Waals surface area contributed by atoms with Gasteiger partial charge in [0.15, 0.2) is 0 Å². The number of amides is 1. The second kappa shape index (κ2) is 9.46. The van der Waals surface area contributed by atoms with Crippen LogP contribution in [0, 0.1) is 0 Å². The fraction of sp³-hybridized carbons (Fsp3) is 0.520. The summed E-state index contributed by atoms with van der Waals surface area (Å²) in [6, 6.07) is 8.90. The van der Waals surface area contributed by atoms with Crippen molar-refractivity contribution in [1.29, 1.82) is 0 Å². The first-order valence-electron chi connectivity index (χ1n) is 11.7. The number of aromatic nitrogens is 1. The first kappa shape index (κ1) is 27.2. The summed E-state index contributed by atoms with van der Waals surface area (Å²) in [5, 5.41) is 3.55. The minimum Gasteiger partial charge on any atom is -0.367 e. The van der Waals surface area contributed by atoms with Crippen LogP contribution in [0.1, 0.15) is 58.8 Å². The van der Waals surface area contributed by atoms with E-state index in [1.165, 1.54) is 34.9 Å². The average molecular weight is 531 g/mol. The van der Waals surface area contributed by atoms with E-state index in [9.17, 15) is 35.9 Å². The molecule has 0 aliphatic carbocycles. The lowest BCUT2D eigenvalue weighted by Crippen LogP contribution is -2.63. The number of hydrogen-bond donors (Lipinski definition) is 1. The molecular weight excluding hydrogens is 504 g/mol. The normalized spacial score (nSPS) is 19.1. The van der Waals surface area contributed by atoms with Crippen molar-refractivity contribution in [3.63, 3.8) is 0 Å². The van der Waals surface area contributed by atoms with Crippen LogP contribution in [0.25, 0.3) is 0 Å². The number of nitrogens with one attached hydrogen (secondary N) is 1. The predicted octanol–water partition coefficient (Wildman–Crippen LogP) is 4.83. The van der Waals surface area contributed by atoms with E-state index in [1.807, 2.05) is 13.8 Å². The number of nitrogens with zero attached hydrogens (tertiary/aromatic N) is 2. The number of piperidine rings is 1. The van der Waals surface area contributed by atoms with Crippen LogP contribution in [-0.4, -0.2) is 58.7 Å². The van der Waals surface area contributed by atoms with E-state index < -0.39 is 41.5 Å². The molecule has 1 aromatic heterocycles. The van der Waals surface area contributed by atoms with Crippen LogP contribution < -0.4 is 5.32 Å². The van der Waals surface area contributed by atoms with Gasteiger partial charge < -0.3 is 14.2 Å². The highest BCUT2D eigenvalue weighted by molar-refractivity contribution is 5.99. The Morgan fingerprint density at radius 3 is 2.16 bits per heavy atom. The summed E-state index contributed by atoms with van der Waals surface area (Å²) < 4.78 is 82.3. The van der Waals surface area contributed by atoms with Gasteiger partial charge in [0.25, 0.3) is 11.7 Å². The number of halogens is 6. The van der Waals surface area contributed by atoms with Crippen molar-refractivity contribution in [2.24, 2.45) is 0 Å². The van der Waals surface area contributed by atoms with Crippen LogP contribution in [0.2, 0.25) is 0 Å². The summed E-state index contributed by atoms with van der Waals surface area (Å²) in [6.07, 6.45) is -8.54. The zero-order valence-corrected chi connectivity index (χ0v) is 20.3. The Bertz CT molecular complexity index is 1160. The Kier molecular flexibility index (Phi) is 6.95. The first-order valence-corrected chi connectivity index (χ1v) is 11.7. The molecule has 6 nitrogen and oxygen atoms in total. The number of fused-ring (bicyclic) bond motifs is 2. The molecule has 0 bridgehead atoms. The molecule has 0 unspecified atom stereocenters. The van der Waals surface area contributed by atoms with Gasteiger partial charge in [-0.1, -0.05) is 12.1 Å². The summed E-state index contributed by atoms with van der Waals surface area (Å²) in [7, 11) is 0. The maximum Gasteiger partial charge on any atom is 0.456 e. The summed E-state index contributed by atoms with van der Waals surface area (Å²) in [6.45, 7) is 2.96. The van der Waals surface area contributed by atoms with Crippen molar-refractivity contribution in [3.8, 4) is 0 Å². The van der Waals surface area contributed by atoms with Gasteiger partial charge in [-0.3, -0.25) is 14.9 Å². The number of hydrogen-bond acceptors (Lipinski definition) is 4. The number of benzene rings is 1. The molecule has 0 radical (unpaired) electrons. The maximum absolute atomic E-state index is 13.2. The Labute approximate surface area is 209 Å². The van der Waals surface area contributed by atoms with Crippen LogP contribution in [0.5, 0.6) is 0 Å². The van der Waals surface area contributed by atoms with E-state index in [1.54, 1.807) is 11.0 Å². The highest BCUT2D eigenvalue weighted by atomic mass is 19.4. The molecule has 0 saturated carbocycles. The lowest BCUT2D eigenvalue weighted by atomic mass is 9.79. The minimum atomic E-state index is -4.98. The summed E-state index contributed by atoms with van der Waals surface area (Å²) in [5.74, 6) is -2.14. The molecule has 1 saturated heterocycles. The zero-order valence-electron chi connectivity index (χ0n) is 20.3. The Morgan fingerprint density at radius 2 is 1.59 bits per heavy atom. The maximum atomic E-state index is 13.2. The van der Waals surface area contributed by atoms with E-state index in [2.05, 4.69) is 10.1 Å². The van der Waals surface area contributed by atoms with E-state index in [-0.39, 0.29) is 19.1 Å². The van der Waals surface area contributed by atoms with Crippen molar-refractivity contribution in [2.45, 2.75) is 63.3 Å². The fourth-order valence-electron chi connectivity index (χ4n) is 5.23. The summed E-state index contributed by atoms with van der Waals surface area (Å²) in [4.78, 5) is 26.7. The summed E-state index contributed by atoms with van der Waals surface area (Å²) in [5.41, 5.74) is -0.236. The number of carbonyl (C=O) groups excluding carboxylic acids is 2. The van der Waals surface area contributed by atoms with Crippen molar-refractivity contribution in [3.05, 3.63) is 58.9 Å². The number of rotatable bonds is 5. The molecule has 1 amide bonds. The van der Waals surface area contributed by atoms with Gasteiger partial charge in [0, 0.05) is 36.4 Å². The van der Waals surface area contributed by atoms with Crippen molar-refractivity contribution in [1.82, 2.24) is 14.8 Å². The summed E-state index contributed by atoms with van der Waals surface area (Å²) >= 11 is 0. The standard InChI is InChI=1S/C25H27F6N3O3/c1-22(2)14-34-18(20(35)25(29,30)31)7-8-19(34)23(32-22)9-11-33(12-10-23)21(36)17-5-3-16(4-6-17)13-37-15-24(26,27)28/h3-8,32H,9-15H2,1-2H3. The largest absolute Gasteiger partial charge is 0.456 e. The smallest absolute Gasteiger partial charge is 0.367 e. The van der Waals surface area contributed by atoms with E-state index >= 15 is 0 Å². The number of ether oxygens (including phenoxy) is 1. The van der Waals surface area contributed by atoms with Gasteiger partial charge in [-0.2, -0.15) is 26.3 Å². The molecule has 4 rings (SSSR count). The third kappa shape index (κ3) is 5.85. The molecule has 37 heavy (non-hydrogen) atoms. The second-order valence-electron chi connectivity index (χ2n) is 10.2. The van der Waals surface area contributed by atoms with Gasteiger partial charge in [-0.05, 0) is 56.5 Å². The third-order valence-electron chi connectivity index (χ3n) is 6.73. The molecule has 12 heteroatoms. The van der Waals surface area contributed by atoms with Gasteiger partial charge in [0.1, 0.15) is 6.61 Å². The topological polar surface area (TPSA) is 63.6 Å². The van der Waals surface area contributed by atoms with Crippen LogP contribution in [0.15, 0.2) is 36.4 Å². The molecule has 1 aromatic carbocycles. The van der Waals surface area contributed by atoms with E-state index in [4.69, 9.17) is 0 Å². The Morgan fingerprint density at radius 1 is 0.973 bits per heavy atom. The minimum absolute atomic E-state index is 0.190. The number of carbonyl (C=O) groups is 2. The van der Waals surface area contributed by atoms with Crippen molar-refractivity contribution < 1.29 is 40.7 Å². The van der Waals surface area contributed by atoms with Crippen molar-refractivity contribution >= 4 is 11.7 Å². The van der Waals surface area contributed by atoms with Gasteiger partial charge in [-0.25, -0.2) is 0 Å². The first-order chi connectivity index (χ1) is 17.1. The van der Waals surface area contributed by atoms with Gasteiger partial charge in [0.2, 0.25) is 0 Å².